The second kappa shape index (κ2) is 5.02. The minimum atomic E-state index is 0.373. The van der Waals surface area contributed by atoms with Crippen LogP contribution in [0.2, 0.25) is 0 Å². The molecular weight excluding hydrogens is 266 g/mol. The van der Waals surface area contributed by atoms with Crippen LogP contribution < -0.4 is 10.1 Å². The maximum atomic E-state index is 5.63. The standard InChI is InChI=1S/C13H16BrNO/c1-9(2)8-15-12-5-6-16-13-4-3-10(14)7-11(12)13/h3-4,7,12,15H,1,5-6,8H2,2H3. The van der Waals surface area contributed by atoms with Gasteiger partial charge in [0, 0.05) is 29.0 Å². The SMILES string of the molecule is C=C(C)CNC1CCOc2ccc(Br)cc21. The predicted molar refractivity (Wildman–Crippen MR) is 69.8 cm³/mol. The van der Waals surface area contributed by atoms with Crippen LogP contribution in [0.15, 0.2) is 34.8 Å². The van der Waals surface area contributed by atoms with E-state index in [1.165, 1.54) is 5.56 Å². The molecule has 3 heteroatoms. The zero-order valence-electron chi connectivity index (χ0n) is 9.42. The van der Waals surface area contributed by atoms with E-state index < -0.39 is 0 Å². The number of hydrogen-bond acceptors (Lipinski definition) is 2. The zero-order valence-corrected chi connectivity index (χ0v) is 11.0. The van der Waals surface area contributed by atoms with E-state index >= 15 is 0 Å². The predicted octanol–water partition coefficient (Wildman–Crippen LogP) is 3.44. The summed E-state index contributed by atoms with van der Waals surface area (Å²) in [6.07, 6.45) is 1.01. The van der Waals surface area contributed by atoms with E-state index in [1.807, 2.05) is 19.1 Å². The molecule has 0 aromatic heterocycles. The van der Waals surface area contributed by atoms with Crippen molar-refractivity contribution in [3.05, 3.63) is 40.4 Å². The number of hydrogen-bond donors (Lipinski definition) is 1. The van der Waals surface area contributed by atoms with E-state index in [9.17, 15) is 0 Å². The van der Waals surface area contributed by atoms with Crippen LogP contribution in [0.1, 0.15) is 24.9 Å². The molecule has 2 nitrogen and oxygen atoms in total. The fourth-order valence-electron chi connectivity index (χ4n) is 1.87. The molecule has 1 aromatic carbocycles. The molecule has 1 aliphatic rings. The van der Waals surface area contributed by atoms with Gasteiger partial charge in [-0.15, -0.1) is 0 Å². The number of rotatable bonds is 3. The van der Waals surface area contributed by atoms with Gasteiger partial charge >= 0.3 is 0 Å². The van der Waals surface area contributed by atoms with Crippen molar-refractivity contribution in [1.29, 1.82) is 0 Å². The Labute approximate surface area is 105 Å². The Morgan fingerprint density at radius 3 is 3.19 bits per heavy atom. The Morgan fingerprint density at radius 1 is 1.62 bits per heavy atom. The third-order valence-electron chi connectivity index (χ3n) is 2.66. The third kappa shape index (κ3) is 2.66. The molecule has 0 bridgehead atoms. The highest BCUT2D eigenvalue weighted by Crippen LogP contribution is 2.33. The normalized spacial score (nSPS) is 18.8. The van der Waals surface area contributed by atoms with Gasteiger partial charge in [0.05, 0.1) is 6.61 Å². The Balaban J connectivity index is 2.18. The van der Waals surface area contributed by atoms with Gasteiger partial charge in [-0.2, -0.15) is 0 Å². The average Bonchev–Trinajstić information content (AvgIpc) is 2.26. The molecule has 1 N–H and O–H groups in total. The van der Waals surface area contributed by atoms with Gasteiger partial charge in [0.1, 0.15) is 5.75 Å². The lowest BCUT2D eigenvalue weighted by Gasteiger charge is -2.27. The molecule has 16 heavy (non-hydrogen) atoms. The molecule has 0 fully saturated rings. The summed E-state index contributed by atoms with van der Waals surface area (Å²) in [7, 11) is 0. The van der Waals surface area contributed by atoms with Crippen LogP contribution in [-0.2, 0) is 0 Å². The van der Waals surface area contributed by atoms with Gasteiger partial charge in [0.15, 0.2) is 0 Å². The zero-order chi connectivity index (χ0) is 11.5. The monoisotopic (exact) mass is 281 g/mol. The number of ether oxygens (including phenoxy) is 1. The van der Waals surface area contributed by atoms with Gasteiger partial charge in [-0.25, -0.2) is 0 Å². The maximum absolute atomic E-state index is 5.63. The van der Waals surface area contributed by atoms with Crippen LogP contribution >= 0.6 is 15.9 Å². The smallest absolute Gasteiger partial charge is 0.124 e. The van der Waals surface area contributed by atoms with Crippen molar-refractivity contribution in [3.63, 3.8) is 0 Å². The summed E-state index contributed by atoms with van der Waals surface area (Å²) in [4.78, 5) is 0. The van der Waals surface area contributed by atoms with Crippen molar-refractivity contribution in [1.82, 2.24) is 5.32 Å². The Kier molecular flexibility index (Phi) is 3.66. The van der Waals surface area contributed by atoms with Gasteiger partial charge in [0.25, 0.3) is 0 Å². The van der Waals surface area contributed by atoms with Gasteiger partial charge in [0.2, 0.25) is 0 Å². The van der Waals surface area contributed by atoms with Gasteiger partial charge in [-0.3, -0.25) is 0 Å². The molecule has 0 saturated carbocycles. The Hall–Kier alpha value is -0.800. The number of nitrogens with one attached hydrogen (secondary N) is 1. The highest BCUT2D eigenvalue weighted by atomic mass is 79.9. The summed E-state index contributed by atoms with van der Waals surface area (Å²) in [5.74, 6) is 0.994. The molecule has 1 atom stereocenters. The van der Waals surface area contributed by atoms with Crippen molar-refractivity contribution in [2.75, 3.05) is 13.2 Å². The van der Waals surface area contributed by atoms with Crippen LogP contribution in [0.4, 0.5) is 0 Å². The number of benzene rings is 1. The number of halogens is 1. The average molecular weight is 282 g/mol. The fourth-order valence-corrected chi connectivity index (χ4v) is 2.25. The molecule has 1 heterocycles. The molecule has 0 saturated heterocycles. The molecule has 1 aliphatic heterocycles. The molecule has 2 rings (SSSR count). The third-order valence-corrected chi connectivity index (χ3v) is 3.15. The van der Waals surface area contributed by atoms with Gasteiger partial charge in [-0.1, -0.05) is 28.1 Å². The van der Waals surface area contributed by atoms with Crippen molar-refractivity contribution in [2.24, 2.45) is 0 Å². The van der Waals surface area contributed by atoms with Crippen molar-refractivity contribution >= 4 is 15.9 Å². The molecule has 0 radical (unpaired) electrons. The van der Waals surface area contributed by atoms with Gasteiger partial charge < -0.3 is 10.1 Å². The van der Waals surface area contributed by atoms with E-state index in [2.05, 4.69) is 33.9 Å². The summed E-state index contributed by atoms with van der Waals surface area (Å²) in [6.45, 7) is 7.58. The summed E-state index contributed by atoms with van der Waals surface area (Å²) < 4.78 is 6.73. The first-order valence-electron chi connectivity index (χ1n) is 5.47. The van der Waals surface area contributed by atoms with E-state index in [0.717, 1.165) is 35.4 Å². The lowest BCUT2D eigenvalue weighted by atomic mass is 10.0. The van der Waals surface area contributed by atoms with Crippen LogP contribution in [0.25, 0.3) is 0 Å². The molecule has 0 amide bonds. The summed E-state index contributed by atoms with van der Waals surface area (Å²) >= 11 is 3.50. The summed E-state index contributed by atoms with van der Waals surface area (Å²) in [5.41, 5.74) is 2.39. The number of fused-ring (bicyclic) bond motifs is 1. The lowest BCUT2D eigenvalue weighted by Crippen LogP contribution is -2.28. The fraction of sp³-hybridized carbons (Fsp3) is 0.385. The molecular formula is C13H16BrNO. The highest BCUT2D eigenvalue weighted by Gasteiger charge is 2.20. The molecule has 0 spiro atoms. The first-order valence-corrected chi connectivity index (χ1v) is 6.26. The Bertz CT molecular complexity index is 403. The van der Waals surface area contributed by atoms with E-state index in [1.54, 1.807) is 0 Å². The molecule has 0 aliphatic carbocycles. The van der Waals surface area contributed by atoms with Crippen molar-refractivity contribution in [3.8, 4) is 5.75 Å². The summed E-state index contributed by atoms with van der Waals surface area (Å²) in [6, 6.07) is 6.54. The first kappa shape index (κ1) is 11.7. The van der Waals surface area contributed by atoms with E-state index in [0.29, 0.717) is 6.04 Å². The second-order valence-electron chi connectivity index (χ2n) is 4.21. The molecule has 1 aromatic rings. The Morgan fingerprint density at radius 2 is 2.44 bits per heavy atom. The minimum Gasteiger partial charge on any atom is -0.493 e. The van der Waals surface area contributed by atoms with E-state index in [4.69, 9.17) is 4.74 Å². The lowest BCUT2D eigenvalue weighted by molar-refractivity contribution is 0.254. The van der Waals surface area contributed by atoms with Crippen molar-refractivity contribution < 1.29 is 4.74 Å². The van der Waals surface area contributed by atoms with E-state index in [-0.39, 0.29) is 0 Å². The van der Waals surface area contributed by atoms with Crippen LogP contribution in [0, 0.1) is 0 Å². The van der Waals surface area contributed by atoms with Crippen LogP contribution in [0.3, 0.4) is 0 Å². The van der Waals surface area contributed by atoms with Crippen molar-refractivity contribution in [2.45, 2.75) is 19.4 Å². The molecule has 1 unspecified atom stereocenters. The quantitative estimate of drug-likeness (QED) is 0.857. The van der Waals surface area contributed by atoms with Crippen LogP contribution in [0.5, 0.6) is 5.75 Å². The maximum Gasteiger partial charge on any atom is 0.124 e. The topological polar surface area (TPSA) is 21.3 Å². The summed E-state index contributed by atoms with van der Waals surface area (Å²) in [5, 5.41) is 3.50. The largest absolute Gasteiger partial charge is 0.493 e. The molecule has 86 valence electrons. The van der Waals surface area contributed by atoms with Crippen LogP contribution in [-0.4, -0.2) is 13.2 Å². The van der Waals surface area contributed by atoms with Gasteiger partial charge in [-0.05, 0) is 25.1 Å². The highest BCUT2D eigenvalue weighted by molar-refractivity contribution is 9.10. The minimum absolute atomic E-state index is 0.373. The second-order valence-corrected chi connectivity index (χ2v) is 5.13. The first-order chi connectivity index (χ1) is 7.66.